The predicted octanol–water partition coefficient (Wildman–Crippen LogP) is 8.80. The molecule has 0 aliphatic rings. The number of hydrogen-bond donors (Lipinski definition) is 1. The van der Waals surface area contributed by atoms with E-state index in [-0.39, 0.29) is 36.2 Å². The number of carbonyl (C=O) groups is 3. The smallest absolute Gasteiger partial charge is 0.306 e. The largest absolute Gasteiger partial charge is 0.481 e. The fourth-order valence-electron chi connectivity index (χ4n) is 5.17. The highest BCUT2D eigenvalue weighted by Crippen LogP contribution is 2.35. The first-order valence-electron chi connectivity index (χ1n) is 13.5. The Balaban J connectivity index is 1.55. The molecule has 0 aromatic heterocycles. The molecule has 200 valence electrons. The molecule has 0 saturated carbocycles. The van der Waals surface area contributed by atoms with Gasteiger partial charge >= 0.3 is 5.97 Å². The molecule has 3 rings (SSSR count). The maximum Gasteiger partial charge on any atom is 0.306 e. The number of Topliss-reactive ketones (excluding diaryl/α,β-unsaturated/α-hetero) is 2. The van der Waals surface area contributed by atoms with Crippen LogP contribution in [0.3, 0.4) is 0 Å². The van der Waals surface area contributed by atoms with Gasteiger partial charge in [-0.05, 0) is 66.3 Å². The summed E-state index contributed by atoms with van der Waals surface area (Å²) in [6.45, 7) is 6.60. The van der Waals surface area contributed by atoms with E-state index in [2.05, 4.69) is 32.9 Å². The van der Waals surface area contributed by atoms with Crippen molar-refractivity contribution in [3.63, 3.8) is 0 Å². The number of rotatable bonds is 14. The maximum atomic E-state index is 12.8. The van der Waals surface area contributed by atoms with Gasteiger partial charge in [0.25, 0.3) is 0 Å². The van der Waals surface area contributed by atoms with Gasteiger partial charge in [-0.15, -0.1) is 0 Å². The van der Waals surface area contributed by atoms with E-state index in [1.165, 1.54) is 5.56 Å². The lowest BCUT2D eigenvalue weighted by Gasteiger charge is -2.31. The van der Waals surface area contributed by atoms with Crippen LogP contribution < -0.4 is 0 Å². The Morgan fingerprint density at radius 2 is 1.21 bits per heavy atom. The van der Waals surface area contributed by atoms with Crippen molar-refractivity contribution in [1.82, 2.24) is 0 Å². The second-order valence-electron chi connectivity index (χ2n) is 9.98. The summed E-state index contributed by atoms with van der Waals surface area (Å²) in [5, 5.41) is 10.3. The minimum absolute atomic E-state index is 0.0000935. The van der Waals surface area contributed by atoms with Crippen molar-refractivity contribution in [1.29, 1.82) is 0 Å². The topological polar surface area (TPSA) is 71.4 Å². The van der Waals surface area contributed by atoms with Gasteiger partial charge in [0.2, 0.25) is 0 Å². The first-order chi connectivity index (χ1) is 18.2. The van der Waals surface area contributed by atoms with Gasteiger partial charge in [-0.1, -0.05) is 93.0 Å². The summed E-state index contributed by atoms with van der Waals surface area (Å²) in [6, 6.07) is 22.5. The Labute approximate surface area is 231 Å². The summed E-state index contributed by atoms with van der Waals surface area (Å²) in [7, 11) is 0. The molecule has 0 fully saturated rings. The van der Waals surface area contributed by atoms with Gasteiger partial charge in [-0.25, -0.2) is 0 Å². The van der Waals surface area contributed by atoms with Crippen LogP contribution in [0.15, 0.2) is 72.8 Å². The summed E-state index contributed by atoms with van der Waals surface area (Å²) in [6.07, 6.45) is 4.01. The van der Waals surface area contributed by atoms with Crippen LogP contribution in [-0.4, -0.2) is 22.6 Å². The van der Waals surface area contributed by atoms with E-state index in [1.807, 2.05) is 48.5 Å². The maximum absolute atomic E-state index is 12.8. The van der Waals surface area contributed by atoms with Crippen LogP contribution in [0.2, 0.25) is 5.02 Å². The molecular weight excluding hydrogens is 496 g/mol. The number of carboxylic acids is 1. The second-order valence-corrected chi connectivity index (χ2v) is 10.4. The molecule has 0 spiro atoms. The minimum Gasteiger partial charge on any atom is -0.481 e. The third-order valence-corrected chi connectivity index (χ3v) is 8.22. The number of aliphatic carboxylic acids is 1. The van der Waals surface area contributed by atoms with Crippen molar-refractivity contribution in [2.45, 2.75) is 71.1 Å². The number of carbonyl (C=O) groups excluding carboxylic acids is 2. The lowest BCUT2D eigenvalue weighted by molar-refractivity contribution is -0.141. The highest BCUT2D eigenvalue weighted by molar-refractivity contribution is 6.30. The number of halogens is 1. The second kappa shape index (κ2) is 13.5. The van der Waals surface area contributed by atoms with E-state index < -0.39 is 11.9 Å². The summed E-state index contributed by atoms with van der Waals surface area (Å²) < 4.78 is 0. The molecule has 4 nitrogen and oxygen atoms in total. The highest BCUT2D eigenvalue weighted by Gasteiger charge is 2.26. The van der Waals surface area contributed by atoms with Gasteiger partial charge in [0.1, 0.15) is 0 Å². The molecule has 0 radical (unpaired) electrons. The Hall–Kier alpha value is -3.24. The van der Waals surface area contributed by atoms with Gasteiger partial charge in [0.15, 0.2) is 11.6 Å². The third kappa shape index (κ3) is 7.20. The molecule has 5 heteroatoms. The monoisotopic (exact) mass is 532 g/mol. The molecule has 0 saturated heterocycles. The molecular formula is C33H37ClO4. The quantitative estimate of drug-likeness (QED) is 0.210. The molecule has 3 aromatic rings. The van der Waals surface area contributed by atoms with E-state index in [0.717, 1.165) is 30.4 Å². The molecule has 3 aromatic carbocycles. The van der Waals surface area contributed by atoms with Crippen LogP contribution in [0.25, 0.3) is 11.1 Å². The van der Waals surface area contributed by atoms with E-state index in [4.69, 9.17) is 11.6 Å². The van der Waals surface area contributed by atoms with Crippen LogP contribution >= 0.6 is 11.6 Å². The van der Waals surface area contributed by atoms with Crippen LogP contribution in [0.4, 0.5) is 0 Å². The van der Waals surface area contributed by atoms with Gasteiger partial charge in [0.05, 0.1) is 5.92 Å². The molecule has 0 aliphatic heterocycles. The fraction of sp³-hybridized carbons (Fsp3) is 0.364. The van der Waals surface area contributed by atoms with Crippen LogP contribution in [0, 0.1) is 5.92 Å². The average molecular weight is 533 g/mol. The molecule has 0 amide bonds. The van der Waals surface area contributed by atoms with Gasteiger partial charge < -0.3 is 5.11 Å². The molecule has 0 bridgehead atoms. The number of benzene rings is 3. The van der Waals surface area contributed by atoms with E-state index >= 15 is 0 Å². The Bertz CT molecular complexity index is 1220. The van der Waals surface area contributed by atoms with Gasteiger partial charge in [-0.2, -0.15) is 0 Å². The lowest BCUT2D eigenvalue weighted by atomic mass is 9.73. The summed E-state index contributed by atoms with van der Waals surface area (Å²) >= 11 is 5.95. The zero-order valence-electron chi connectivity index (χ0n) is 22.5. The molecule has 0 aliphatic carbocycles. The standard InChI is InChI=1S/C33H37ClO4/c1-4-33(5-2,6-3)28-18-14-25(15-19-28)30(35)9-7-8-27(32(37)38)22-31(36)26-12-10-23(11-13-26)24-16-20-29(34)21-17-24/h10-21,27H,4-9,22H2,1-3H3,(H,37,38). The SMILES string of the molecule is CCC(CC)(CC)c1ccc(C(=O)CCCC(CC(=O)c2ccc(-c3ccc(Cl)cc3)cc2)C(=O)O)cc1. The van der Waals surface area contributed by atoms with E-state index in [9.17, 15) is 19.5 Å². The van der Waals surface area contributed by atoms with Crippen molar-refractivity contribution < 1.29 is 19.5 Å². The molecule has 1 unspecified atom stereocenters. The summed E-state index contributed by atoms with van der Waals surface area (Å²) in [4.78, 5) is 37.4. The zero-order chi connectivity index (χ0) is 27.7. The zero-order valence-corrected chi connectivity index (χ0v) is 23.3. The van der Waals surface area contributed by atoms with Crippen molar-refractivity contribution in [3.8, 4) is 11.1 Å². The van der Waals surface area contributed by atoms with Gasteiger partial charge in [-0.3, -0.25) is 14.4 Å². The van der Waals surface area contributed by atoms with Crippen molar-refractivity contribution in [2.75, 3.05) is 0 Å². The Morgan fingerprint density at radius 1 is 0.737 bits per heavy atom. The minimum atomic E-state index is -1.01. The van der Waals surface area contributed by atoms with Crippen LogP contribution in [0.1, 0.15) is 92.0 Å². The van der Waals surface area contributed by atoms with Crippen molar-refractivity contribution in [2.24, 2.45) is 5.92 Å². The normalized spacial score (nSPS) is 12.2. The summed E-state index contributed by atoms with van der Waals surface area (Å²) in [5.41, 5.74) is 4.45. The first kappa shape index (κ1) is 29.3. The number of hydrogen-bond acceptors (Lipinski definition) is 3. The Morgan fingerprint density at radius 3 is 1.71 bits per heavy atom. The van der Waals surface area contributed by atoms with Crippen molar-refractivity contribution >= 4 is 29.1 Å². The summed E-state index contributed by atoms with van der Waals surface area (Å²) in [5.74, 6) is -2.05. The molecule has 0 heterocycles. The molecule has 38 heavy (non-hydrogen) atoms. The first-order valence-corrected chi connectivity index (χ1v) is 13.9. The highest BCUT2D eigenvalue weighted by atomic mass is 35.5. The lowest BCUT2D eigenvalue weighted by Crippen LogP contribution is -2.23. The predicted molar refractivity (Wildman–Crippen MR) is 154 cm³/mol. The van der Waals surface area contributed by atoms with Crippen molar-refractivity contribution in [3.05, 3.63) is 94.5 Å². The van der Waals surface area contributed by atoms with E-state index in [0.29, 0.717) is 22.6 Å². The Kier molecular flexibility index (Phi) is 10.4. The molecule has 1 N–H and O–H groups in total. The van der Waals surface area contributed by atoms with E-state index in [1.54, 1.807) is 12.1 Å². The van der Waals surface area contributed by atoms with Crippen LogP contribution in [-0.2, 0) is 10.2 Å². The number of carboxylic acid groups (broad SMARTS) is 1. The fourth-order valence-corrected chi connectivity index (χ4v) is 5.30. The molecule has 1 atom stereocenters. The average Bonchev–Trinajstić information content (AvgIpc) is 2.94. The van der Waals surface area contributed by atoms with Crippen LogP contribution in [0.5, 0.6) is 0 Å². The third-order valence-electron chi connectivity index (χ3n) is 7.97. The number of ketones is 2. The van der Waals surface area contributed by atoms with Gasteiger partial charge in [0, 0.05) is 29.0 Å².